The molecule has 0 amide bonds. The van der Waals surface area contributed by atoms with Gasteiger partial charge in [-0.3, -0.25) is 0 Å². The Morgan fingerprint density at radius 1 is 0.345 bits per heavy atom. The number of nitrogens with zero attached hydrogens (tertiary/aromatic N) is 1. The lowest BCUT2D eigenvalue weighted by molar-refractivity contribution is 0.629. The highest BCUT2D eigenvalue weighted by Gasteiger charge is 2.16. The van der Waals surface area contributed by atoms with Crippen LogP contribution in [0.3, 0.4) is 0 Å². The van der Waals surface area contributed by atoms with Crippen LogP contribution in [0.2, 0.25) is 0 Å². The van der Waals surface area contributed by atoms with Crippen LogP contribution < -0.4 is 4.90 Å². The molecule has 0 atom stereocenters. The van der Waals surface area contributed by atoms with Gasteiger partial charge < -0.3 is 9.32 Å². The summed E-state index contributed by atoms with van der Waals surface area (Å²) in [7, 11) is 0. The van der Waals surface area contributed by atoms with E-state index in [0.29, 0.717) is 0 Å². The molecular formula is C53H37NO. The van der Waals surface area contributed by atoms with Crippen molar-refractivity contribution in [1.29, 1.82) is 0 Å². The summed E-state index contributed by atoms with van der Waals surface area (Å²) in [5.74, 6) is 0.921. The molecule has 0 fully saturated rings. The minimum atomic E-state index is 0.917. The molecule has 0 aliphatic heterocycles. The summed E-state index contributed by atoms with van der Waals surface area (Å²) in [6.07, 6.45) is 0. The van der Waals surface area contributed by atoms with Crippen molar-refractivity contribution in [3.8, 4) is 44.7 Å². The number of para-hydroxylation sites is 1. The zero-order valence-electron chi connectivity index (χ0n) is 30.5. The van der Waals surface area contributed by atoms with Crippen LogP contribution in [0.1, 0.15) is 5.56 Å². The summed E-state index contributed by atoms with van der Waals surface area (Å²) in [5.41, 5.74) is 13.6. The third-order valence-electron chi connectivity index (χ3n) is 10.9. The Hall–Kier alpha value is -7.16. The molecule has 2 nitrogen and oxygen atoms in total. The maximum absolute atomic E-state index is 6.33. The molecule has 1 aromatic heterocycles. The first-order chi connectivity index (χ1) is 27.2. The Labute approximate surface area is 321 Å². The zero-order valence-corrected chi connectivity index (χ0v) is 30.5. The van der Waals surface area contributed by atoms with Crippen molar-refractivity contribution in [1.82, 2.24) is 0 Å². The number of hydrogen-bond donors (Lipinski definition) is 0. The number of anilines is 3. The Bertz CT molecular complexity index is 2840. The quantitative estimate of drug-likeness (QED) is 0.164. The van der Waals surface area contributed by atoms with Crippen molar-refractivity contribution in [2.45, 2.75) is 6.92 Å². The molecule has 9 aromatic carbocycles. The molecule has 10 rings (SSSR count). The van der Waals surface area contributed by atoms with E-state index >= 15 is 0 Å². The van der Waals surface area contributed by atoms with Gasteiger partial charge in [0, 0.05) is 33.6 Å². The molecule has 0 saturated heterocycles. The normalized spacial score (nSPS) is 11.4. The second-order valence-electron chi connectivity index (χ2n) is 14.2. The van der Waals surface area contributed by atoms with Crippen molar-refractivity contribution in [3.63, 3.8) is 0 Å². The first kappa shape index (κ1) is 32.5. The van der Waals surface area contributed by atoms with Gasteiger partial charge in [-0.2, -0.15) is 0 Å². The fourth-order valence-electron chi connectivity index (χ4n) is 8.07. The fraction of sp³-hybridized carbons (Fsp3) is 0.0189. The second-order valence-corrected chi connectivity index (χ2v) is 14.2. The van der Waals surface area contributed by atoms with Crippen molar-refractivity contribution in [3.05, 3.63) is 212 Å². The minimum absolute atomic E-state index is 0.917. The van der Waals surface area contributed by atoms with Crippen molar-refractivity contribution >= 4 is 49.6 Å². The Morgan fingerprint density at radius 3 is 1.33 bits per heavy atom. The number of rotatable bonds is 7. The lowest BCUT2D eigenvalue weighted by atomic mass is 9.97. The summed E-state index contributed by atoms with van der Waals surface area (Å²) in [6, 6.07) is 74.0. The average Bonchev–Trinajstić information content (AvgIpc) is 3.60. The largest absolute Gasteiger partial charge is 0.456 e. The SMILES string of the molecule is Cc1c(-c2cccc(-c3ccc(N(c4ccc(-c5cccc6ccccc56)cc4)c4ccc(-c5cccc6ccccc56)cc4)cc3)c2)oc2ccccc12. The molecule has 0 aliphatic carbocycles. The third kappa shape index (κ3) is 5.95. The highest BCUT2D eigenvalue weighted by Crippen LogP contribution is 2.40. The molecule has 0 spiro atoms. The van der Waals surface area contributed by atoms with E-state index in [1.807, 2.05) is 12.1 Å². The molecule has 260 valence electrons. The lowest BCUT2D eigenvalue weighted by Crippen LogP contribution is -2.09. The number of hydrogen-bond acceptors (Lipinski definition) is 2. The van der Waals surface area contributed by atoms with E-state index in [0.717, 1.165) is 56.0 Å². The summed E-state index contributed by atoms with van der Waals surface area (Å²) >= 11 is 0. The van der Waals surface area contributed by atoms with E-state index in [9.17, 15) is 0 Å². The average molecular weight is 704 g/mol. The molecule has 0 aliphatic rings. The molecular weight excluding hydrogens is 667 g/mol. The van der Waals surface area contributed by atoms with Crippen LogP contribution in [0.25, 0.3) is 77.2 Å². The second kappa shape index (κ2) is 13.7. The van der Waals surface area contributed by atoms with E-state index < -0.39 is 0 Å². The van der Waals surface area contributed by atoms with Crippen LogP contribution >= 0.6 is 0 Å². The van der Waals surface area contributed by atoms with Gasteiger partial charge >= 0.3 is 0 Å². The molecule has 0 radical (unpaired) electrons. The van der Waals surface area contributed by atoms with Crippen molar-refractivity contribution in [2.24, 2.45) is 0 Å². The Morgan fingerprint density at radius 2 is 0.782 bits per heavy atom. The third-order valence-corrected chi connectivity index (χ3v) is 10.9. The van der Waals surface area contributed by atoms with E-state index in [2.05, 4.69) is 206 Å². The number of benzene rings is 9. The van der Waals surface area contributed by atoms with Gasteiger partial charge in [0.05, 0.1) is 0 Å². The fourth-order valence-corrected chi connectivity index (χ4v) is 8.07. The first-order valence-corrected chi connectivity index (χ1v) is 18.8. The van der Waals surface area contributed by atoms with Crippen LogP contribution in [0.5, 0.6) is 0 Å². The zero-order chi connectivity index (χ0) is 36.7. The molecule has 1 heterocycles. The van der Waals surface area contributed by atoms with Crippen LogP contribution in [0.15, 0.2) is 211 Å². The number of fused-ring (bicyclic) bond motifs is 3. The Kier molecular flexibility index (Phi) is 8.08. The minimum Gasteiger partial charge on any atom is -0.456 e. The van der Waals surface area contributed by atoms with Crippen molar-refractivity contribution in [2.75, 3.05) is 4.90 Å². The maximum Gasteiger partial charge on any atom is 0.138 e. The molecule has 0 unspecified atom stereocenters. The van der Waals surface area contributed by atoms with Crippen LogP contribution in [0.4, 0.5) is 17.1 Å². The van der Waals surface area contributed by atoms with E-state index in [4.69, 9.17) is 4.42 Å². The van der Waals surface area contributed by atoms with Crippen molar-refractivity contribution < 1.29 is 4.42 Å². The van der Waals surface area contributed by atoms with Gasteiger partial charge in [-0.15, -0.1) is 0 Å². The summed E-state index contributed by atoms with van der Waals surface area (Å²) in [4.78, 5) is 2.34. The molecule has 2 heteroatoms. The number of aryl methyl sites for hydroxylation is 1. The van der Waals surface area contributed by atoms with Gasteiger partial charge in [0.2, 0.25) is 0 Å². The van der Waals surface area contributed by atoms with Gasteiger partial charge in [0.15, 0.2) is 0 Å². The predicted octanol–water partition coefficient (Wildman–Crippen LogP) is 15.2. The summed E-state index contributed by atoms with van der Waals surface area (Å²) in [6.45, 7) is 2.14. The topological polar surface area (TPSA) is 16.4 Å². The monoisotopic (exact) mass is 703 g/mol. The molecule has 0 N–H and O–H groups in total. The predicted molar refractivity (Wildman–Crippen MR) is 232 cm³/mol. The van der Waals surface area contributed by atoms with Crippen LogP contribution in [-0.2, 0) is 0 Å². The van der Waals surface area contributed by atoms with Gasteiger partial charge in [0.1, 0.15) is 11.3 Å². The highest BCUT2D eigenvalue weighted by atomic mass is 16.3. The molecule has 0 saturated carbocycles. The first-order valence-electron chi connectivity index (χ1n) is 18.8. The lowest BCUT2D eigenvalue weighted by Gasteiger charge is -2.26. The van der Waals surface area contributed by atoms with Gasteiger partial charge in [-0.05, 0) is 110 Å². The standard InChI is InChI=1S/C53H37NO/c1-36-47-17-6-7-22-52(47)55-53(36)43-16-8-15-42(35-43)37-23-29-44(30-24-37)54(45-31-25-40(26-32-45)50-20-9-13-38-11-2-4-18-48(38)50)46-33-27-41(28-34-46)51-21-10-14-39-12-3-5-19-49(39)51/h2-35H,1H3. The highest BCUT2D eigenvalue weighted by molar-refractivity contribution is 5.98. The van der Waals surface area contributed by atoms with E-state index in [1.54, 1.807) is 0 Å². The summed E-state index contributed by atoms with van der Waals surface area (Å²) in [5, 5.41) is 6.16. The molecule has 10 aromatic rings. The van der Waals surface area contributed by atoms with E-state index in [1.165, 1.54) is 43.8 Å². The van der Waals surface area contributed by atoms with E-state index in [-0.39, 0.29) is 0 Å². The number of furan rings is 1. The van der Waals surface area contributed by atoms with Gasteiger partial charge in [-0.1, -0.05) is 158 Å². The summed E-state index contributed by atoms with van der Waals surface area (Å²) < 4.78 is 6.33. The molecule has 0 bridgehead atoms. The van der Waals surface area contributed by atoms with Crippen LogP contribution in [-0.4, -0.2) is 0 Å². The smallest absolute Gasteiger partial charge is 0.138 e. The van der Waals surface area contributed by atoms with Gasteiger partial charge in [-0.25, -0.2) is 0 Å². The van der Waals surface area contributed by atoms with Gasteiger partial charge in [0.25, 0.3) is 0 Å². The molecule has 55 heavy (non-hydrogen) atoms. The Balaban J connectivity index is 1.03. The maximum atomic E-state index is 6.33. The van der Waals surface area contributed by atoms with Crippen LogP contribution in [0, 0.1) is 6.92 Å².